The molecule has 0 fully saturated rings. The van der Waals surface area contributed by atoms with Crippen LogP contribution in [-0.4, -0.2) is 16.4 Å². The van der Waals surface area contributed by atoms with E-state index in [0.29, 0.717) is 5.75 Å². The number of terminal acetylenes is 1. The molecule has 0 amide bonds. The van der Waals surface area contributed by atoms with Crippen LogP contribution in [-0.2, 0) is 0 Å². The fourth-order valence-electron chi connectivity index (χ4n) is 6.09. The highest BCUT2D eigenvalue weighted by atomic mass is 16.5. The quantitative estimate of drug-likeness (QED) is 0.263. The van der Waals surface area contributed by atoms with Gasteiger partial charge in [-0.15, -0.1) is 6.42 Å². The minimum atomic E-state index is 0. The molecule has 4 heterocycles. The normalized spacial score (nSPS) is 12.5. The van der Waals surface area contributed by atoms with Crippen molar-refractivity contribution >= 4 is 28.6 Å². The van der Waals surface area contributed by atoms with Crippen LogP contribution in [0.1, 0.15) is 68.7 Å². The molecule has 1 N–H and O–H groups in total. The number of aromatic amines is 1. The van der Waals surface area contributed by atoms with Gasteiger partial charge >= 0.3 is 0 Å². The minimum Gasteiger partial charge on any atom is -0.407 e. The Bertz CT molecular complexity index is 3570. The van der Waals surface area contributed by atoms with Crippen LogP contribution < -0.4 is 4.74 Å². The Balaban J connectivity index is -0.000000120. The summed E-state index contributed by atoms with van der Waals surface area (Å²) in [6.07, 6.45) is 25.2. The second-order valence-electron chi connectivity index (χ2n) is 12.9. The SMILES string of the molecule is C#CC#CC#CC#CC#CC#CC#CC#CC#CC#CC#CC#COc1ccc(C2=C3C=CC(=N3)C=C3C=CC(=N3)C(c3ccc(C)cc3)=C3C=CC(=Cc4ccc2[nH]4)C3)cc1.[HH].[HH].[HH].[HH].[HH].[HH].[HH].[HH].[HH].[HH].[HH].[HH].[HH].[HH].[HH].[HH].[HH].[HH].[HH].[HH].[HH].[HH].[HH].[HH]. The lowest BCUT2D eigenvalue weighted by atomic mass is 9.94. The second-order valence-corrected chi connectivity index (χ2v) is 12.9. The molecule has 4 heteroatoms. The zero-order valence-corrected chi connectivity index (χ0v) is 33.0. The van der Waals surface area contributed by atoms with Gasteiger partial charge in [0.15, 0.2) is 0 Å². The number of ether oxygens (including phenoxy) is 1. The highest BCUT2D eigenvalue weighted by molar-refractivity contribution is 6.32. The highest BCUT2D eigenvalue weighted by Gasteiger charge is 2.21. The number of fused-ring (bicyclic) bond motifs is 6. The summed E-state index contributed by atoms with van der Waals surface area (Å²) in [5.74, 6) is 55.8. The molecule has 0 saturated heterocycles. The summed E-state index contributed by atoms with van der Waals surface area (Å²) < 4.78 is 5.62. The van der Waals surface area contributed by atoms with E-state index < -0.39 is 0 Å². The van der Waals surface area contributed by atoms with Crippen molar-refractivity contribution < 1.29 is 39.0 Å². The van der Waals surface area contributed by atoms with Crippen molar-refractivity contribution in [2.45, 2.75) is 13.3 Å². The first-order valence-corrected chi connectivity index (χ1v) is 18.7. The molecule has 0 spiro atoms. The molecule has 0 atom stereocenters. The first-order valence-electron chi connectivity index (χ1n) is 18.7. The number of rotatable bonds is 3. The Morgan fingerprint density at radius 2 is 1.13 bits per heavy atom. The van der Waals surface area contributed by atoms with Crippen molar-refractivity contribution in [1.29, 1.82) is 0 Å². The van der Waals surface area contributed by atoms with E-state index in [9.17, 15) is 0 Å². The average molecular weight is 828 g/mol. The zero-order chi connectivity index (χ0) is 42.6. The van der Waals surface area contributed by atoms with Gasteiger partial charge in [0, 0.05) is 140 Å². The van der Waals surface area contributed by atoms with Crippen molar-refractivity contribution in [2.24, 2.45) is 9.98 Å². The monoisotopic (exact) mass is 828 g/mol. The van der Waals surface area contributed by atoms with Crippen LogP contribution in [0.25, 0.3) is 17.2 Å². The maximum absolute atomic E-state index is 5.62. The Morgan fingerprint density at radius 1 is 0.548 bits per heavy atom. The molecule has 62 heavy (non-hydrogen) atoms. The minimum absolute atomic E-state index is 0. The first-order chi connectivity index (χ1) is 30.6. The molecule has 8 bridgehead atoms. The molecule has 7 rings (SSSR count). The van der Waals surface area contributed by atoms with Gasteiger partial charge in [0.05, 0.1) is 22.8 Å². The summed E-state index contributed by atoms with van der Waals surface area (Å²) in [7, 11) is 0. The van der Waals surface area contributed by atoms with Gasteiger partial charge in [0.1, 0.15) is 11.9 Å². The molecule has 1 aromatic heterocycles. The summed E-state index contributed by atoms with van der Waals surface area (Å²) in [4.78, 5) is 13.7. The molecular weight excluding hydrogens is 755 g/mol. The number of nitrogens with one attached hydrogen (secondary N) is 1. The lowest BCUT2D eigenvalue weighted by Crippen LogP contribution is -2.00. The predicted octanol–water partition coefficient (Wildman–Crippen LogP) is 13.7. The van der Waals surface area contributed by atoms with Crippen LogP contribution in [0.2, 0.25) is 0 Å². The van der Waals surface area contributed by atoms with Crippen LogP contribution in [0.15, 0.2) is 136 Å². The lowest BCUT2D eigenvalue weighted by molar-refractivity contribution is 0.520. The smallest absolute Gasteiger partial charge is 0.140 e. The van der Waals surface area contributed by atoms with E-state index in [1.165, 1.54) is 16.7 Å². The Kier molecular flexibility index (Phi) is 13.4. The van der Waals surface area contributed by atoms with Gasteiger partial charge in [0.2, 0.25) is 0 Å². The number of nitrogens with zero attached hydrogens (tertiary/aromatic N) is 2. The van der Waals surface area contributed by atoms with E-state index in [1.54, 1.807) is 0 Å². The number of hydrogen-bond acceptors (Lipinski definition) is 3. The summed E-state index contributed by atoms with van der Waals surface area (Å²) in [5, 5.41) is 0. The van der Waals surface area contributed by atoms with Crippen LogP contribution in [0.5, 0.6) is 5.75 Å². The summed E-state index contributed by atoms with van der Waals surface area (Å²) in [5.41, 5.74) is 13.3. The zero-order valence-electron chi connectivity index (χ0n) is 33.0. The maximum Gasteiger partial charge on any atom is 0.140 e. The molecule has 0 unspecified atom stereocenters. The van der Waals surface area contributed by atoms with Crippen molar-refractivity contribution in [3.8, 4) is 149 Å². The Morgan fingerprint density at radius 3 is 1.76 bits per heavy atom. The van der Waals surface area contributed by atoms with Crippen molar-refractivity contribution in [3.05, 3.63) is 154 Å². The standard InChI is InChI=1S/C58H25N3O.24H2/c1-3-4-5-6-7-8-9-10-11-12-13-14-15-16-17-18-19-20-21-22-23-24-41-62-53-36-31-48(32-37-53)58-55-39-33-50(59-55)43-46-27-30-49(42-46)57(47-28-25-45(2)26-29-47)54-38-34-51(60-54)44-52-35-40-56(58)61-52;;;;;;;;;;;;;;;;;;;;;;;;/h1,25-40,43-44,59H,42H2,2H3;24*1H. The first kappa shape index (κ1) is 40.0. The third-order valence-electron chi connectivity index (χ3n) is 8.69. The second kappa shape index (κ2) is 20.8. The average Bonchev–Trinajstić information content (AvgIpc) is 4.13. The lowest BCUT2D eigenvalue weighted by Gasteiger charge is -2.11. The molecule has 2 aromatic carbocycles. The largest absolute Gasteiger partial charge is 0.407 e. The number of hydrogen-bond donors (Lipinski definition) is 1. The van der Waals surface area contributed by atoms with E-state index in [4.69, 9.17) is 21.1 Å². The topological polar surface area (TPSA) is 49.7 Å². The molecule has 0 radical (unpaired) electrons. The van der Waals surface area contributed by atoms with Crippen LogP contribution in [0.4, 0.5) is 0 Å². The van der Waals surface area contributed by atoms with Gasteiger partial charge in [-0.1, -0.05) is 54.1 Å². The van der Waals surface area contributed by atoms with Gasteiger partial charge < -0.3 is 9.72 Å². The Labute approximate surface area is 398 Å². The van der Waals surface area contributed by atoms with Gasteiger partial charge in [-0.25, -0.2) is 9.98 Å². The fourth-order valence-corrected chi connectivity index (χ4v) is 6.09. The van der Waals surface area contributed by atoms with Crippen molar-refractivity contribution in [3.63, 3.8) is 0 Å². The fraction of sp³-hybridized carbons (Fsp3) is 0.0345. The molecular formula is C58H73N3O. The van der Waals surface area contributed by atoms with E-state index >= 15 is 0 Å². The molecule has 1 aliphatic carbocycles. The molecule has 3 aliphatic heterocycles. The van der Waals surface area contributed by atoms with Gasteiger partial charge in [-0.2, -0.15) is 0 Å². The Hall–Kier alpha value is -10.2. The molecule has 326 valence electrons. The van der Waals surface area contributed by atoms with Gasteiger partial charge in [-0.3, -0.25) is 0 Å². The molecule has 4 nitrogen and oxygen atoms in total. The van der Waals surface area contributed by atoms with Gasteiger partial charge in [0.25, 0.3) is 0 Å². The van der Waals surface area contributed by atoms with Gasteiger partial charge in [-0.05, 0) is 144 Å². The molecule has 4 aliphatic rings. The summed E-state index contributed by atoms with van der Waals surface area (Å²) in [6.45, 7) is 2.10. The molecule has 0 saturated carbocycles. The highest BCUT2D eigenvalue weighted by Crippen LogP contribution is 2.36. The van der Waals surface area contributed by atoms with E-state index in [2.05, 4.69) is 215 Å². The van der Waals surface area contributed by atoms with Crippen molar-refractivity contribution in [1.82, 2.24) is 4.98 Å². The van der Waals surface area contributed by atoms with E-state index in [0.717, 1.165) is 62.9 Å². The van der Waals surface area contributed by atoms with Crippen LogP contribution >= 0.6 is 0 Å². The third kappa shape index (κ3) is 11.2. The number of benzene rings is 2. The van der Waals surface area contributed by atoms with Crippen LogP contribution in [0, 0.1) is 150 Å². The third-order valence-corrected chi connectivity index (χ3v) is 8.69. The van der Waals surface area contributed by atoms with E-state index in [-0.39, 0.29) is 34.2 Å². The van der Waals surface area contributed by atoms with Crippen molar-refractivity contribution in [2.75, 3.05) is 0 Å². The number of aryl methyl sites for hydroxylation is 1. The number of allylic oxidation sites excluding steroid dienone is 10. The number of aromatic nitrogens is 1. The summed E-state index contributed by atoms with van der Waals surface area (Å²) >= 11 is 0. The van der Waals surface area contributed by atoms with Crippen LogP contribution in [0.3, 0.4) is 0 Å². The summed E-state index contributed by atoms with van der Waals surface area (Å²) in [6, 6.07) is 20.5. The molecule has 3 aromatic rings. The maximum atomic E-state index is 5.62. The predicted molar refractivity (Wildman–Crippen MR) is 300 cm³/mol. The van der Waals surface area contributed by atoms with E-state index in [1.807, 2.05) is 42.5 Å². The number of H-pyrrole nitrogens is 1. The number of aliphatic imine (C=N–C) groups is 2.